The van der Waals surface area contributed by atoms with E-state index in [4.69, 9.17) is 5.73 Å². The average molecular weight is 178 g/mol. The van der Waals surface area contributed by atoms with Crippen LogP contribution < -0.4 is 11.1 Å². The molecule has 0 aliphatic carbocycles. The van der Waals surface area contributed by atoms with Crippen molar-refractivity contribution in [3.63, 3.8) is 0 Å². The molecule has 1 aliphatic heterocycles. The van der Waals surface area contributed by atoms with Crippen LogP contribution in [0.1, 0.15) is 18.0 Å². The minimum absolute atomic E-state index is 0.480. The highest BCUT2D eigenvalue weighted by Gasteiger charge is 2.16. The monoisotopic (exact) mass is 178 g/mol. The lowest BCUT2D eigenvalue weighted by Crippen LogP contribution is -2.13. The maximum Gasteiger partial charge on any atom is 0.0655 e. The van der Waals surface area contributed by atoms with Crippen LogP contribution in [-0.4, -0.2) is 22.9 Å². The number of aromatic nitrogens is 2. The van der Waals surface area contributed by atoms with Gasteiger partial charge in [0, 0.05) is 24.0 Å². The predicted octanol–water partition coefficient (Wildman–Crippen LogP) is 0.347. The first-order valence-corrected chi connectivity index (χ1v) is 4.47. The molecule has 0 radical (unpaired) electrons. The molecular formula is C9H14N4. The van der Waals surface area contributed by atoms with Crippen LogP contribution in [0.25, 0.3) is 5.70 Å². The molecule has 1 fully saturated rings. The minimum Gasteiger partial charge on any atom is -0.399 e. The Kier molecular flexibility index (Phi) is 2.06. The first-order chi connectivity index (χ1) is 6.27. The molecule has 1 aromatic heterocycles. The van der Waals surface area contributed by atoms with Gasteiger partial charge in [-0.3, -0.25) is 4.68 Å². The molecule has 1 aromatic rings. The number of hydrogen-bond acceptors (Lipinski definition) is 3. The molecule has 13 heavy (non-hydrogen) atoms. The fourth-order valence-electron chi connectivity index (χ4n) is 1.57. The van der Waals surface area contributed by atoms with Crippen LogP contribution in [-0.2, 0) is 0 Å². The van der Waals surface area contributed by atoms with Gasteiger partial charge in [-0.05, 0) is 13.0 Å². The molecule has 70 valence electrons. The summed E-state index contributed by atoms with van der Waals surface area (Å²) in [5.41, 5.74) is 7.07. The highest BCUT2D eigenvalue weighted by atomic mass is 15.3. The number of hydrogen-bond donors (Lipinski definition) is 2. The van der Waals surface area contributed by atoms with Crippen LogP contribution in [0.15, 0.2) is 19.0 Å². The van der Waals surface area contributed by atoms with E-state index in [1.54, 1.807) is 6.20 Å². The Morgan fingerprint density at radius 2 is 2.62 bits per heavy atom. The fraction of sp³-hybridized carbons (Fsp3) is 0.444. The van der Waals surface area contributed by atoms with Gasteiger partial charge in [0.05, 0.1) is 12.2 Å². The van der Waals surface area contributed by atoms with Crippen molar-refractivity contribution < 1.29 is 0 Å². The third kappa shape index (κ3) is 1.58. The fourth-order valence-corrected chi connectivity index (χ4v) is 1.57. The number of nitrogens with two attached hydrogens (primary N) is 1. The quantitative estimate of drug-likeness (QED) is 0.687. The van der Waals surface area contributed by atoms with Gasteiger partial charge < -0.3 is 11.1 Å². The highest BCUT2D eigenvalue weighted by Crippen LogP contribution is 2.15. The van der Waals surface area contributed by atoms with Gasteiger partial charge in [0.1, 0.15) is 0 Å². The van der Waals surface area contributed by atoms with Crippen LogP contribution in [0, 0.1) is 0 Å². The van der Waals surface area contributed by atoms with E-state index in [0.717, 1.165) is 25.1 Å². The summed E-state index contributed by atoms with van der Waals surface area (Å²) in [4.78, 5) is 0. The Morgan fingerprint density at radius 1 is 1.77 bits per heavy atom. The summed E-state index contributed by atoms with van der Waals surface area (Å²) in [5, 5.41) is 7.55. The minimum atomic E-state index is 0.480. The van der Waals surface area contributed by atoms with Gasteiger partial charge in [-0.1, -0.05) is 6.58 Å². The molecule has 1 atom stereocenters. The summed E-state index contributed by atoms with van der Waals surface area (Å²) in [6.45, 7) is 5.75. The maximum absolute atomic E-state index is 5.56. The van der Waals surface area contributed by atoms with E-state index in [0.29, 0.717) is 11.7 Å². The summed E-state index contributed by atoms with van der Waals surface area (Å²) in [5.74, 6) is 0. The second-order valence-corrected chi connectivity index (χ2v) is 3.38. The summed E-state index contributed by atoms with van der Waals surface area (Å²) in [6.07, 6.45) is 4.86. The van der Waals surface area contributed by atoms with E-state index in [-0.39, 0.29) is 0 Å². The van der Waals surface area contributed by atoms with Gasteiger partial charge in [0.15, 0.2) is 0 Å². The molecule has 0 bridgehead atoms. The normalized spacial score (nSPS) is 22.0. The molecular weight excluding hydrogens is 164 g/mol. The second-order valence-electron chi connectivity index (χ2n) is 3.38. The van der Waals surface area contributed by atoms with Crippen molar-refractivity contribution in [2.45, 2.75) is 12.5 Å². The van der Waals surface area contributed by atoms with Crippen LogP contribution in [0.3, 0.4) is 0 Å². The van der Waals surface area contributed by atoms with Crippen molar-refractivity contribution in [2.24, 2.45) is 5.73 Å². The van der Waals surface area contributed by atoms with Crippen molar-refractivity contribution in [1.82, 2.24) is 15.1 Å². The molecule has 0 saturated carbocycles. The molecule has 4 nitrogen and oxygen atoms in total. The molecule has 3 N–H and O–H groups in total. The predicted molar refractivity (Wildman–Crippen MR) is 52.0 cm³/mol. The Balaban J connectivity index is 2.16. The van der Waals surface area contributed by atoms with Crippen LogP contribution in [0.5, 0.6) is 0 Å². The molecule has 1 saturated heterocycles. The number of nitrogens with one attached hydrogen (secondary N) is 1. The molecule has 1 unspecified atom stereocenters. The van der Waals surface area contributed by atoms with E-state index < -0.39 is 0 Å². The summed E-state index contributed by atoms with van der Waals surface area (Å²) in [6, 6.07) is 0.480. The van der Waals surface area contributed by atoms with Crippen molar-refractivity contribution in [3.05, 3.63) is 24.5 Å². The summed E-state index contributed by atoms with van der Waals surface area (Å²) in [7, 11) is 0. The van der Waals surface area contributed by atoms with Crippen molar-refractivity contribution in [2.75, 3.05) is 13.1 Å². The molecule has 0 aromatic carbocycles. The second kappa shape index (κ2) is 3.22. The highest BCUT2D eigenvalue weighted by molar-refractivity contribution is 5.58. The topological polar surface area (TPSA) is 55.9 Å². The molecule has 2 heterocycles. The molecule has 2 rings (SSSR count). The first-order valence-electron chi connectivity index (χ1n) is 4.47. The number of rotatable bonds is 2. The molecule has 0 amide bonds. The molecule has 0 spiro atoms. The lowest BCUT2D eigenvalue weighted by atomic mass is 10.2. The smallest absolute Gasteiger partial charge is 0.0655 e. The zero-order valence-electron chi connectivity index (χ0n) is 7.53. The van der Waals surface area contributed by atoms with E-state index in [1.165, 1.54) is 0 Å². The first kappa shape index (κ1) is 8.31. The van der Waals surface area contributed by atoms with Gasteiger partial charge in [-0.25, -0.2) is 0 Å². The van der Waals surface area contributed by atoms with E-state index in [2.05, 4.69) is 17.0 Å². The standard InChI is InChI=1S/C9H14N4/c1-7(10)8-4-12-13(6-8)9-2-3-11-5-9/h4,6,9,11H,1-3,5,10H2. The van der Waals surface area contributed by atoms with E-state index >= 15 is 0 Å². The zero-order chi connectivity index (χ0) is 9.26. The Morgan fingerprint density at radius 3 is 3.15 bits per heavy atom. The van der Waals surface area contributed by atoms with Gasteiger partial charge in [-0.15, -0.1) is 0 Å². The van der Waals surface area contributed by atoms with Crippen LogP contribution in [0.4, 0.5) is 0 Å². The Labute approximate surface area is 77.4 Å². The largest absolute Gasteiger partial charge is 0.399 e. The van der Waals surface area contributed by atoms with Gasteiger partial charge in [0.25, 0.3) is 0 Å². The maximum atomic E-state index is 5.56. The molecule has 1 aliphatic rings. The van der Waals surface area contributed by atoms with Gasteiger partial charge >= 0.3 is 0 Å². The summed E-state index contributed by atoms with van der Waals surface area (Å²) < 4.78 is 1.97. The number of nitrogens with zero attached hydrogens (tertiary/aromatic N) is 2. The Bertz CT molecular complexity index is 309. The Hall–Kier alpha value is -1.29. The third-order valence-electron chi connectivity index (χ3n) is 2.38. The van der Waals surface area contributed by atoms with Gasteiger partial charge in [-0.2, -0.15) is 5.10 Å². The van der Waals surface area contributed by atoms with Crippen molar-refractivity contribution in [1.29, 1.82) is 0 Å². The zero-order valence-corrected chi connectivity index (χ0v) is 7.53. The van der Waals surface area contributed by atoms with Gasteiger partial charge in [0.2, 0.25) is 0 Å². The van der Waals surface area contributed by atoms with E-state index in [1.807, 2.05) is 10.9 Å². The van der Waals surface area contributed by atoms with Crippen LogP contribution in [0.2, 0.25) is 0 Å². The van der Waals surface area contributed by atoms with E-state index in [9.17, 15) is 0 Å². The van der Waals surface area contributed by atoms with Crippen LogP contribution >= 0.6 is 0 Å². The van der Waals surface area contributed by atoms with Crippen molar-refractivity contribution >= 4 is 5.70 Å². The average Bonchev–Trinajstić information content (AvgIpc) is 2.75. The summed E-state index contributed by atoms with van der Waals surface area (Å²) >= 11 is 0. The molecule has 4 heteroatoms. The lowest BCUT2D eigenvalue weighted by Gasteiger charge is -2.07. The lowest BCUT2D eigenvalue weighted by molar-refractivity contribution is 0.490. The van der Waals surface area contributed by atoms with Crippen molar-refractivity contribution in [3.8, 4) is 0 Å². The third-order valence-corrected chi connectivity index (χ3v) is 2.38. The SMILES string of the molecule is C=C(N)c1cnn(C2CCNC2)c1.